The lowest BCUT2D eigenvalue weighted by atomic mass is 9.76. The fraction of sp³-hybridized carbons (Fsp3) is 0.929. The molecule has 1 fully saturated rings. The SMILES string of the molecule is CCCC1(C(=O)NCC(C)(O)CSC)CCCNC1. The van der Waals surface area contributed by atoms with Gasteiger partial charge in [-0.25, -0.2) is 0 Å². The molecule has 1 heterocycles. The number of hydrogen-bond acceptors (Lipinski definition) is 4. The van der Waals surface area contributed by atoms with Gasteiger partial charge in [0.1, 0.15) is 0 Å². The molecule has 2 atom stereocenters. The van der Waals surface area contributed by atoms with Crippen molar-refractivity contribution >= 4 is 17.7 Å². The standard InChI is InChI=1S/C14H28N2O2S/c1-4-6-14(7-5-8-15-10-14)12(17)16-9-13(2,18)11-19-3/h15,18H,4-11H2,1-3H3,(H,16,17). The molecule has 1 rings (SSSR count). The molecular weight excluding hydrogens is 260 g/mol. The minimum Gasteiger partial charge on any atom is -0.387 e. The predicted octanol–water partition coefficient (Wildman–Crippen LogP) is 1.39. The second kappa shape index (κ2) is 7.50. The summed E-state index contributed by atoms with van der Waals surface area (Å²) in [6, 6.07) is 0. The van der Waals surface area contributed by atoms with E-state index in [1.54, 1.807) is 18.7 Å². The predicted molar refractivity (Wildman–Crippen MR) is 81.5 cm³/mol. The lowest BCUT2D eigenvalue weighted by Crippen LogP contribution is -2.53. The summed E-state index contributed by atoms with van der Waals surface area (Å²) in [7, 11) is 0. The van der Waals surface area contributed by atoms with E-state index in [0.717, 1.165) is 38.8 Å². The van der Waals surface area contributed by atoms with Crippen molar-refractivity contribution in [2.75, 3.05) is 31.6 Å². The van der Waals surface area contributed by atoms with Crippen LogP contribution >= 0.6 is 11.8 Å². The van der Waals surface area contributed by atoms with Crippen molar-refractivity contribution in [1.82, 2.24) is 10.6 Å². The number of amides is 1. The highest BCUT2D eigenvalue weighted by molar-refractivity contribution is 7.98. The van der Waals surface area contributed by atoms with E-state index in [1.807, 2.05) is 6.26 Å². The van der Waals surface area contributed by atoms with E-state index in [1.165, 1.54) is 0 Å². The Bertz CT molecular complexity index is 284. The average molecular weight is 288 g/mol. The third-order valence-corrected chi connectivity index (χ3v) is 4.68. The van der Waals surface area contributed by atoms with Gasteiger partial charge in [0.2, 0.25) is 5.91 Å². The maximum atomic E-state index is 12.5. The van der Waals surface area contributed by atoms with Gasteiger partial charge in [-0.1, -0.05) is 13.3 Å². The van der Waals surface area contributed by atoms with Gasteiger partial charge in [0.25, 0.3) is 0 Å². The first kappa shape index (κ1) is 16.8. The highest BCUT2D eigenvalue weighted by Gasteiger charge is 2.39. The highest BCUT2D eigenvalue weighted by atomic mass is 32.2. The van der Waals surface area contributed by atoms with Crippen molar-refractivity contribution in [3.05, 3.63) is 0 Å². The van der Waals surface area contributed by atoms with Crippen LogP contribution in [0.15, 0.2) is 0 Å². The molecule has 0 spiro atoms. The molecule has 0 aromatic heterocycles. The minimum atomic E-state index is -0.829. The first-order valence-electron chi connectivity index (χ1n) is 7.16. The van der Waals surface area contributed by atoms with Gasteiger partial charge in [0, 0.05) is 18.8 Å². The second-order valence-corrected chi connectivity index (χ2v) is 6.79. The molecule has 19 heavy (non-hydrogen) atoms. The Kier molecular flexibility index (Phi) is 6.63. The van der Waals surface area contributed by atoms with E-state index < -0.39 is 5.60 Å². The molecule has 0 aromatic carbocycles. The van der Waals surface area contributed by atoms with Crippen LogP contribution in [0.1, 0.15) is 39.5 Å². The van der Waals surface area contributed by atoms with E-state index in [9.17, 15) is 9.90 Å². The molecule has 0 radical (unpaired) electrons. The number of aliphatic hydroxyl groups is 1. The Labute approximate surface area is 121 Å². The molecule has 1 aliphatic rings. The molecule has 0 aromatic rings. The van der Waals surface area contributed by atoms with Crippen molar-refractivity contribution in [3.63, 3.8) is 0 Å². The van der Waals surface area contributed by atoms with Gasteiger partial charge in [0.05, 0.1) is 11.0 Å². The Morgan fingerprint density at radius 2 is 2.32 bits per heavy atom. The molecule has 0 aliphatic carbocycles. The van der Waals surface area contributed by atoms with Crippen LogP contribution in [-0.2, 0) is 4.79 Å². The number of piperidine rings is 1. The van der Waals surface area contributed by atoms with E-state index in [2.05, 4.69) is 17.6 Å². The summed E-state index contributed by atoms with van der Waals surface area (Å²) < 4.78 is 0. The van der Waals surface area contributed by atoms with Crippen LogP contribution in [0.5, 0.6) is 0 Å². The smallest absolute Gasteiger partial charge is 0.227 e. The second-order valence-electron chi connectivity index (χ2n) is 5.92. The molecule has 1 saturated heterocycles. The molecule has 1 amide bonds. The Morgan fingerprint density at radius 1 is 1.58 bits per heavy atom. The number of carbonyl (C=O) groups excluding carboxylic acids is 1. The van der Waals surface area contributed by atoms with Crippen molar-refractivity contribution in [2.45, 2.75) is 45.1 Å². The van der Waals surface area contributed by atoms with Crippen LogP contribution < -0.4 is 10.6 Å². The van der Waals surface area contributed by atoms with Gasteiger partial charge in [-0.3, -0.25) is 4.79 Å². The van der Waals surface area contributed by atoms with Crippen LogP contribution in [0.4, 0.5) is 0 Å². The largest absolute Gasteiger partial charge is 0.387 e. The Balaban J connectivity index is 2.57. The molecule has 0 saturated carbocycles. The first-order chi connectivity index (χ1) is 8.96. The minimum absolute atomic E-state index is 0.0999. The van der Waals surface area contributed by atoms with E-state index in [-0.39, 0.29) is 11.3 Å². The van der Waals surface area contributed by atoms with Crippen molar-refractivity contribution in [2.24, 2.45) is 5.41 Å². The lowest BCUT2D eigenvalue weighted by Gasteiger charge is -2.37. The van der Waals surface area contributed by atoms with Crippen molar-refractivity contribution in [1.29, 1.82) is 0 Å². The van der Waals surface area contributed by atoms with Crippen molar-refractivity contribution < 1.29 is 9.90 Å². The summed E-state index contributed by atoms with van der Waals surface area (Å²) in [6.07, 6.45) is 5.88. The molecule has 5 heteroatoms. The normalized spacial score (nSPS) is 26.7. The number of thioether (sulfide) groups is 1. The first-order valence-corrected chi connectivity index (χ1v) is 8.55. The number of hydrogen-bond donors (Lipinski definition) is 3. The van der Waals surface area contributed by atoms with Gasteiger partial charge in [-0.15, -0.1) is 0 Å². The summed E-state index contributed by atoms with van der Waals surface area (Å²) in [5.74, 6) is 0.731. The van der Waals surface area contributed by atoms with Gasteiger partial charge >= 0.3 is 0 Å². The molecule has 112 valence electrons. The maximum absolute atomic E-state index is 12.5. The summed E-state index contributed by atoms with van der Waals surface area (Å²) in [6.45, 7) is 5.99. The van der Waals surface area contributed by atoms with Gasteiger partial charge in [-0.2, -0.15) is 11.8 Å². The molecule has 2 unspecified atom stereocenters. The van der Waals surface area contributed by atoms with Crippen LogP contribution in [0.2, 0.25) is 0 Å². The zero-order valence-electron chi connectivity index (χ0n) is 12.4. The third kappa shape index (κ3) is 4.97. The van der Waals surface area contributed by atoms with Crippen LogP contribution in [-0.4, -0.2) is 48.3 Å². The van der Waals surface area contributed by atoms with Gasteiger partial charge < -0.3 is 15.7 Å². The zero-order chi connectivity index (χ0) is 14.4. The summed E-state index contributed by atoms with van der Waals surface area (Å²) in [4.78, 5) is 12.5. The summed E-state index contributed by atoms with van der Waals surface area (Å²) >= 11 is 1.59. The molecular formula is C14H28N2O2S. The highest BCUT2D eigenvalue weighted by Crippen LogP contribution is 2.32. The fourth-order valence-electron chi connectivity index (χ4n) is 2.79. The zero-order valence-corrected chi connectivity index (χ0v) is 13.2. The van der Waals surface area contributed by atoms with Crippen LogP contribution in [0, 0.1) is 5.41 Å². The maximum Gasteiger partial charge on any atom is 0.227 e. The van der Waals surface area contributed by atoms with Crippen molar-refractivity contribution in [3.8, 4) is 0 Å². The number of nitrogens with one attached hydrogen (secondary N) is 2. The number of carbonyl (C=O) groups is 1. The fourth-order valence-corrected chi connectivity index (χ4v) is 3.51. The summed E-state index contributed by atoms with van der Waals surface area (Å²) in [5.41, 5.74) is -1.10. The topological polar surface area (TPSA) is 61.4 Å². The molecule has 0 bridgehead atoms. The Hall–Kier alpha value is -0.260. The van der Waals surface area contributed by atoms with E-state index in [0.29, 0.717) is 12.3 Å². The van der Waals surface area contributed by atoms with E-state index >= 15 is 0 Å². The quantitative estimate of drug-likeness (QED) is 0.662. The molecule has 4 nitrogen and oxygen atoms in total. The van der Waals surface area contributed by atoms with Gasteiger partial charge in [0.15, 0.2) is 0 Å². The van der Waals surface area contributed by atoms with Gasteiger partial charge in [-0.05, 0) is 39.0 Å². The number of rotatable bonds is 7. The van der Waals surface area contributed by atoms with E-state index in [4.69, 9.17) is 0 Å². The van der Waals surface area contributed by atoms with Crippen LogP contribution in [0.25, 0.3) is 0 Å². The molecule has 3 N–H and O–H groups in total. The van der Waals surface area contributed by atoms with Crippen LogP contribution in [0.3, 0.4) is 0 Å². The third-order valence-electron chi connectivity index (χ3n) is 3.77. The lowest BCUT2D eigenvalue weighted by molar-refractivity contribution is -0.133. The monoisotopic (exact) mass is 288 g/mol. The Morgan fingerprint density at radius 3 is 2.84 bits per heavy atom. The summed E-state index contributed by atoms with van der Waals surface area (Å²) in [5, 5.41) is 16.4. The average Bonchev–Trinajstić information content (AvgIpc) is 2.37. The molecule has 1 aliphatic heterocycles.